The van der Waals surface area contributed by atoms with Gasteiger partial charge in [-0.05, 0) is 44.4 Å². The summed E-state index contributed by atoms with van der Waals surface area (Å²) in [6, 6.07) is 5.92. The van der Waals surface area contributed by atoms with Gasteiger partial charge in [0.15, 0.2) is 5.76 Å². The second kappa shape index (κ2) is 4.52. The predicted molar refractivity (Wildman–Crippen MR) is 63.5 cm³/mol. The molecule has 2 nitrogen and oxygen atoms in total. The average molecular weight is 216 g/mol. The van der Waals surface area contributed by atoms with E-state index < -0.39 is 0 Å². The maximum Gasteiger partial charge on any atom is 0.227 e. The summed E-state index contributed by atoms with van der Waals surface area (Å²) in [5.74, 6) is 0.529. The minimum Gasteiger partial charge on any atom is -0.490 e. The Kier molecular flexibility index (Phi) is 3.09. The second-order valence-electron chi connectivity index (χ2n) is 4.21. The van der Waals surface area contributed by atoms with Crippen LogP contribution in [-0.4, -0.2) is 12.4 Å². The number of carbonyl (C=O) groups is 1. The Bertz CT molecular complexity index is 444. The molecule has 0 aliphatic carbocycles. The van der Waals surface area contributed by atoms with E-state index in [1.807, 2.05) is 38.1 Å². The van der Waals surface area contributed by atoms with Crippen molar-refractivity contribution in [3.8, 4) is 0 Å². The largest absolute Gasteiger partial charge is 0.490 e. The molecular formula is C14H16O2. The van der Waals surface area contributed by atoms with Crippen LogP contribution in [-0.2, 0) is 4.74 Å². The minimum absolute atomic E-state index is 0.0147. The highest BCUT2D eigenvalue weighted by Crippen LogP contribution is 2.19. The summed E-state index contributed by atoms with van der Waals surface area (Å²) >= 11 is 0. The van der Waals surface area contributed by atoms with Gasteiger partial charge >= 0.3 is 0 Å². The van der Waals surface area contributed by atoms with Crippen molar-refractivity contribution in [2.75, 3.05) is 6.61 Å². The number of Topliss-reactive ketones (excluding diaryl/α,β-unsaturated/α-hetero) is 1. The van der Waals surface area contributed by atoms with E-state index in [-0.39, 0.29) is 5.78 Å². The molecule has 0 spiro atoms. The van der Waals surface area contributed by atoms with Crippen LogP contribution < -0.4 is 0 Å². The standard InChI is InChI=1S/C14H16O2/c1-10-6-7-11(2)12(9-10)14(15)13-5-3-4-8-16-13/h5-7,9H,3-4,8H2,1-2H3. The zero-order chi connectivity index (χ0) is 11.5. The van der Waals surface area contributed by atoms with Crippen LogP contribution in [0.25, 0.3) is 0 Å². The van der Waals surface area contributed by atoms with Gasteiger partial charge < -0.3 is 4.74 Å². The monoisotopic (exact) mass is 216 g/mol. The van der Waals surface area contributed by atoms with Crippen molar-refractivity contribution in [2.45, 2.75) is 26.7 Å². The van der Waals surface area contributed by atoms with Crippen molar-refractivity contribution in [3.05, 3.63) is 46.7 Å². The first-order valence-corrected chi connectivity index (χ1v) is 5.63. The zero-order valence-electron chi connectivity index (χ0n) is 9.75. The Hall–Kier alpha value is -1.57. The molecule has 1 aromatic rings. The van der Waals surface area contributed by atoms with Crippen LogP contribution in [0.5, 0.6) is 0 Å². The number of benzene rings is 1. The van der Waals surface area contributed by atoms with Crippen LogP contribution in [0.15, 0.2) is 30.0 Å². The molecule has 1 aliphatic heterocycles. The molecular weight excluding hydrogens is 200 g/mol. The van der Waals surface area contributed by atoms with Crippen LogP contribution in [0, 0.1) is 13.8 Å². The van der Waals surface area contributed by atoms with E-state index in [9.17, 15) is 4.79 Å². The molecule has 0 radical (unpaired) electrons. The van der Waals surface area contributed by atoms with Gasteiger partial charge in [-0.3, -0.25) is 4.79 Å². The van der Waals surface area contributed by atoms with Crippen LogP contribution in [0.2, 0.25) is 0 Å². The van der Waals surface area contributed by atoms with E-state index in [2.05, 4.69) is 0 Å². The molecule has 0 saturated heterocycles. The molecule has 0 aromatic heterocycles. The number of ether oxygens (including phenoxy) is 1. The van der Waals surface area contributed by atoms with Crippen LogP contribution in [0.3, 0.4) is 0 Å². The lowest BCUT2D eigenvalue weighted by Gasteiger charge is -2.15. The third kappa shape index (κ3) is 2.16. The number of hydrogen-bond acceptors (Lipinski definition) is 2. The molecule has 1 aromatic carbocycles. The Morgan fingerprint density at radius 1 is 1.31 bits per heavy atom. The van der Waals surface area contributed by atoms with E-state index in [0.29, 0.717) is 12.4 Å². The van der Waals surface area contributed by atoms with Gasteiger partial charge in [-0.2, -0.15) is 0 Å². The molecule has 0 fully saturated rings. The van der Waals surface area contributed by atoms with E-state index in [4.69, 9.17) is 4.74 Å². The van der Waals surface area contributed by atoms with Gasteiger partial charge in [0.25, 0.3) is 0 Å². The lowest BCUT2D eigenvalue weighted by Crippen LogP contribution is -2.12. The fraction of sp³-hybridized carbons (Fsp3) is 0.357. The molecule has 1 aliphatic rings. The fourth-order valence-electron chi connectivity index (χ4n) is 1.83. The quantitative estimate of drug-likeness (QED) is 0.710. The molecule has 0 unspecified atom stereocenters. The lowest BCUT2D eigenvalue weighted by molar-refractivity contribution is 0.0898. The molecule has 0 amide bonds. The summed E-state index contributed by atoms with van der Waals surface area (Å²) in [5, 5.41) is 0. The summed E-state index contributed by atoms with van der Waals surface area (Å²) in [6.07, 6.45) is 3.84. The minimum atomic E-state index is 0.0147. The third-order valence-corrected chi connectivity index (χ3v) is 2.80. The number of carbonyl (C=O) groups excluding carboxylic acids is 1. The Morgan fingerprint density at radius 3 is 2.81 bits per heavy atom. The number of ketones is 1. The van der Waals surface area contributed by atoms with E-state index in [0.717, 1.165) is 29.5 Å². The topological polar surface area (TPSA) is 26.3 Å². The molecule has 16 heavy (non-hydrogen) atoms. The summed E-state index contributed by atoms with van der Waals surface area (Å²) < 4.78 is 5.40. The first-order chi connectivity index (χ1) is 7.68. The number of hydrogen-bond donors (Lipinski definition) is 0. The molecule has 2 heteroatoms. The van der Waals surface area contributed by atoms with Crippen molar-refractivity contribution in [2.24, 2.45) is 0 Å². The molecule has 0 N–H and O–H groups in total. The highest BCUT2D eigenvalue weighted by molar-refractivity contribution is 6.08. The zero-order valence-corrected chi connectivity index (χ0v) is 9.75. The predicted octanol–water partition coefficient (Wildman–Crippen LogP) is 3.18. The van der Waals surface area contributed by atoms with Gasteiger partial charge in [0, 0.05) is 5.56 Å². The van der Waals surface area contributed by atoms with Crippen molar-refractivity contribution in [1.29, 1.82) is 0 Å². The van der Waals surface area contributed by atoms with E-state index in [1.165, 1.54) is 0 Å². The molecule has 0 saturated carbocycles. The summed E-state index contributed by atoms with van der Waals surface area (Å²) in [4.78, 5) is 12.2. The highest BCUT2D eigenvalue weighted by atomic mass is 16.5. The second-order valence-corrected chi connectivity index (χ2v) is 4.21. The number of allylic oxidation sites excluding steroid dienone is 2. The highest BCUT2D eigenvalue weighted by Gasteiger charge is 2.17. The maximum atomic E-state index is 12.2. The van der Waals surface area contributed by atoms with E-state index >= 15 is 0 Å². The molecule has 84 valence electrons. The van der Waals surface area contributed by atoms with E-state index in [1.54, 1.807) is 0 Å². The SMILES string of the molecule is Cc1ccc(C)c(C(=O)C2=CCCCO2)c1. The first kappa shape index (κ1) is 10.9. The Morgan fingerprint density at radius 2 is 2.12 bits per heavy atom. The number of rotatable bonds is 2. The van der Waals surface area contributed by atoms with Crippen molar-refractivity contribution in [3.63, 3.8) is 0 Å². The molecule has 1 heterocycles. The van der Waals surface area contributed by atoms with Gasteiger partial charge in [0.1, 0.15) is 0 Å². The van der Waals surface area contributed by atoms with Crippen LogP contribution in [0.4, 0.5) is 0 Å². The first-order valence-electron chi connectivity index (χ1n) is 5.63. The fourth-order valence-corrected chi connectivity index (χ4v) is 1.83. The van der Waals surface area contributed by atoms with Gasteiger partial charge in [-0.15, -0.1) is 0 Å². The summed E-state index contributed by atoms with van der Waals surface area (Å²) in [5.41, 5.74) is 2.86. The lowest BCUT2D eigenvalue weighted by atomic mass is 10.00. The molecule has 2 rings (SSSR count). The smallest absolute Gasteiger partial charge is 0.227 e. The van der Waals surface area contributed by atoms with Crippen LogP contribution >= 0.6 is 0 Å². The molecule has 0 atom stereocenters. The molecule has 0 bridgehead atoms. The van der Waals surface area contributed by atoms with Gasteiger partial charge in [-0.25, -0.2) is 0 Å². The van der Waals surface area contributed by atoms with Crippen molar-refractivity contribution >= 4 is 5.78 Å². The normalized spacial score (nSPS) is 15.2. The maximum absolute atomic E-state index is 12.2. The van der Waals surface area contributed by atoms with Gasteiger partial charge in [0.2, 0.25) is 5.78 Å². The Balaban J connectivity index is 2.33. The Labute approximate surface area is 95.9 Å². The number of aryl methyl sites for hydroxylation is 2. The summed E-state index contributed by atoms with van der Waals surface area (Å²) in [6.45, 7) is 4.60. The van der Waals surface area contributed by atoms with Gasteiger partial charge in [-0.1, -0.05) is 17.7 Å². The van der Waals surface area contributed by atoms with Crippen molar-refractivity contribution < 1.29 is 9.53 Å². The summed E-state index contributed by atoms with van der Waals surface area (Å²) in [7, 11) is 0. The van der Waals surface area contributed by atoms with Gasteiger partial charge in [0.05, 0.1) is 6.61 Å². The van der Waals surface area contributed by atoms with Crippen LogP contribution in [0.1, 0.15) is 34.3 Å². The third-order valence-electron chi connectivity index (χ3n) is 2.80. The average Bonchev–Trinajstić information content (AvgIpc) is 2.32. The van der Waals surface area contributed by atoms with Crippen molar-refractivity contribution in [1.82, 2.24) is 0 Å².